The summed E-state index contributed by atoms with van der Waals surface area (Å²) >= 11 is 0. The highest BCUT2D eigenvalue weighted by molar-refractivity contribution is 7.83. The lowest BCUT2D eigenvalue weighted by atomic mass is 10.0. The Morgan fingerprint density at radius 1 is 0.931 bits per heavy atom. The third kappa shape index (κ3) is 6.00. The van der Waals surface area contributed by atoms with Gasteiger partial charge in [0.2, 0.25) is 0 Å². The minimum atomic E-state index is -1.26. The molecule has 0 fully saturated rings. The topological polar surface area (TPSA) is 50.4 Å². The molecule has 2 N–H and O–H groups in total. The van der Waals surface area contributed by atoms with Crippen LogP contribution in [0.4, 0.5) is 0 Å². The number of rotatable bonds is 9. The molecule has 0 amide bonds. The van der Waals surface area contributed by atoms with Crippen LogP contribution in [0.1, 0.15) is 35.7 Å². The molecule has 29 heavy (non-hydrogen) atoms. The molecular weight excluding hydrogens is 380 g/mol. The maximum Gasteiger partial charge on any atom is 0.124 e. The van der Waals surface area contributed by atoms with E-state index < -0.39 is 11.0 Å². The van der Waals surface area contributed by atoms with Crippen molar-refractivity contribution in [1.82, 2.24) is 10.0 Å². The first kappa shape index (κ1) is 21.2. The van der Waals surface area contributed by atoms with Gasteiger partial charge >= 0.3 is 0 Å². The molecule has 0 aliphatic carbocycles. The molecule has 0 bridgehead atoms. The zero-order valence-electron chi connectivity index (χ0n) is 17.1. The van der Waals surface area contributed by atoms with E-state index in [1.165, 1.54) is 0 Å². The quantitative estimate of drug-likeness (QED) is 0.539. The van der Waals surface area contributed by atoms with E-state index in [4.69, 9.17) is 4.74 Å². The Morgan fingerprint density at radius 3 is 2.31 bits per heavy atom. The van der Waals surface area contributed by atoms with Crippen LogP contribution in [-0.2, 0) is 11.0 Å². The summed E-state index contributed by atoms with van der Waals surface area (Å²) in [7, 11) is 0.414. The average molecular weight is 409 g/mol. The molecule has 0 aliphatic heterocycles. The molecule has 0 radical (unpaired) electrons. The predicted molar refractivity (Wildman–Crippen MR) is 119 cm³/mol. The molecule has 0 aromatic heterocycles. The first-order valence-corrected chi connectivity index (χ1v) is 10.9. The Kier molecular flexibility index (Phi) is 7.58. The van der Waals surface area contributed by atoms with E-state index in [9.17, 15) is 4.21 Å². The van der Waals surface area contributed by atoms with E-state index >= 15 is 0 Å². The Morgan fingerprint density at radius 2 is 1.62 bits per heavy atom. The molecule has 0 spiro atoms. The molecular formula is C24H28N2O2S. The first-order valence-electron chi connectivity index (χ1n) is 9.73. The lowest BCUT2D eigenvalue weighted by Gasteiger charge is -2.24. The van der Waals surface area contributed by atoms with Gasteiger partial charge in [-0.05, 0) is 49.2 Å². The van der Waals surface area contributed by atoms with Gasteiger partial charge in [0, 0.05) is 18.6 Å². The monoisotopic (exact) mass is 408 g/mol. The second kappa shape index (κ2) is 10.3. The van der Waals surface area contributed by atoms with Crippen LogP contribution in [0.2, 0.25) is 0 Å². The van der Waals surface area contributed by atoms with Gasteiger partial charge in [-0.3, -0.25) is 0 Å². The average Bonchev–Trinajstić information content (AvgIpc) is 2.77. The van der Waals surface area contributed by atoms with Gasteiger partial charge in [0.25, 0.3) is 0 Å². The van der Waals surface area contributed by atoms with Gasteiger partial charge in [0.05, 0.1) is 12.0 Å². The summed E-state index contributed by atoms with van der Waals surface area (Å²) in [6, 6.07) is 26.2. The van der Waals surface area contributed by atoms with Crippen molar-refractivity contribution >= 4 is 11.0 Å². The summed E-state index contributed by atoms with van der Waals surface area (Å²) in [5, 5.41) is 3.66. The maximum absolute atomic E-state index is 12.7. The summed E-state index contributed by atoms with van der Waals surface area (Å²) in [6.07, 6.45) is 0. The van der Waals surface area contributed by atoms with E-state index in [0.29, 0.717) is 6.54 Å². The molecule has 0 heterocycles. The number of hydrogen-bond acceptors (Lipinski definition) is 3. The maximum atomic E-state index is 12.7. The van der Waals surface area contributed by atoms with Crippen LogP contribution in [0.15, 0.2) is 83.8 Å². The van der Waals surface area contributed by atoms with E-state index in [0.717, 1.165) is 27.3 Å². The van der Waals surface area contributed by atoms with Crippen molar-refractivity contribution in [3.05, 3.63) is 95.6 Å². The molecule has 3 atom stereocenters. The van der Waals surface area contributed by atoms with E-state index in [2.05, 4.69) is 35.2 Å². The molecule has 4 nitrogen and oxygen atoms in total. The zero-order chi connectivity index (χ0) is 20.6. The second-order valence-corrected chi connectivity index (χ2v) is 8.36. The Labute approximate surface area is 175 Å². The molecule has 3 aromatic rings. The molecule has 0 saturated carbocycles. The Balaban J connectivity index is 1.72. The van der Waals surface area contributed by atoms with Crippen LogP contribution in [0.5, 0.6) is 5.75 Å². The van der Waals surface area contributed by atoms with Gasteiger partial charge in [0.15, 0.2) is 0 Å². The number of nitrogens with one attached hydrogen (secondary N) is 2. The smallest absolute Gasteiger partial charge is 0.124 e. The van der Waals surface area contributed by atoms with Crippen molar-refractivity contribution in [3.63, 3.8) is 0 Å². The number of methoxy groups -OCH3 is 1. The molecule has 5 heteroatoms. The SMILES string of the molecule is COc1cccc([C@@H](C)NC(CNS(=O)c2ccc(C)cc2)c2ccccc2)c1. The minimum Gasteiger partial charge on any atom is -0.497 e. The van der Waals surface area contributed by atoms with Gasteiger partial charge in [-0.15, -0.1) is 0 Å². The first-order chi connectivity index (χ1) is 14.1. The fourth-order valence-electron chi connectivity index (χ4n) is 3.17. The summed E-state index contributed by atoms with van der Waals surface area (Å²) < 4.78 is 21.2. The van der Waals surface area contributed by atoms with Crippen molar-refractivity contribution in [2.45, 2.75) is 30.8 Å². The van der Waals surface area contributed by atoms with E-state index in [1.807, 2.05) is 67.6 Å². The van der Waals surface area contributed by atoms with E-state index in [-0.39, 0.29) is 12.1 Å². The van der Waals surface area contributed by atoms with Crippen molar-refractivity contribution < 1.29 is 8.95 Å². The molecule has 2 unspecified atom stereocenters. The van der Waals surface area contributed by atoms with Crippen LogP contribution in [0.3, 0.4) is 0 Å². The van der Waals surface area contributed by atoms with Crippen molar-refractivity contribution in [2.75, 3.05) is 13.7 Å². The molecule has 3 rings (SSSR count). The van der Waals surface area contributed by atoms with Crippen molar-refractivity contribution in [3.8, 4) is 5.75 Å². The summed E-state index contributed by atoms with van der Waals surface area (Å²) in [4.78, 5) is 0.781. The van der Waals surface area contributed by atoms with Gasteiger partial charge in [-0.2, -0.15) is 0 Å². The molecule has 0 aliphatic rings. The largest absolute Gasteiger partial charge is 0.497 e. The summed E-state index contributed by atoms with van der Waals surface area (Å²) in [5.74, 6) is 0.839. The third-order valence-electron chi connectivity index (χ3n) is 4.90. The second-order valence-electron chi connectivity index (χ2n) is 7.06. The number of hydrogen-bond donors (Lipinski definition) is 2. The Hall–Kier alpha value is -2.47. The van der Waals surface area contributed by atoms with Gasteiger partial charge in [0.1, 0.15) is 16.7 Å². The van der Waals surface area contributed by atoms with Crippen molar-refractivity contribution in [1.29, 1.82) is 0 Å². The number of aryl methyl sites for hydroxylation is 1. The predicted octanol–water partition coefficient (Wildman–Crippen LogP) is 4.71. The van der Waals surface area contributed by atoms with Gasteiger partial charge in [-0.1, -0.05) is 60.2 Å². The van der Waals surface area contributed by atoms with Gasteiger partial charge in [-0.25, -0.2) is 8.93 Å². The summed E-state index contributed by atoms with van der Waals surface area (Å²) in [5.41, 5.74) is 3.45. The van der Waals surface area contributed by atoms with Crippen LogP contribution >= 0.6 is 0 Å². The summed E-state index contributed by atoms with van der Waals surface area (Å²) in [6.45, 7) is 4.69. The van der Waals surface area contributed by atoms with E-state index in [1.54, 1.807) is 7.11 Å². The zero-order valence-corrected chi connectivity index (χ0v) is 17.9. The highest BCUT2D eigenvalue weighted by atomic mass is 32.2. The lowest BCUT2D eigenvalue weighted by Crippen LogP contribution is -2.34. The molecule has 152 valence electrons. The van der Waals surface area contributed by atoms with Crippen LogP contribution in [0, 0.1) is 6.92 Å². The highest BCUT2D eigenvalue weighted by Gasteiger charge is 2.17. The van der Waals surface area contributed by atoms with Crippen LogP contribution < -0.4 is 14.8 Å². The van der Waals surface area contributed by atoms with Crippen molar-refractivity contribution in [2.24, 2.45) is 0 Å². The van der Waals surface area contributed by atoms with Crippen LogP contribution in [-0.4, -0.2) is 17.9 Å². The fraction of sp³-hybridized carbons (Fsp3) is 0.250. The number of ether oxygens (including phenoxy) is 1. The third-order valence-corrected chi connectivity index (χ3v) is 6.03. The minimum absolute atomic E-state index is 0.00630. The lowest BCUT2D eigenvalue weighted by molar-refractivity contribution is 0.411. The Bertz CT molecular complexity index is 929. The standard InChI is InChI=1S/C24H28N2O2S/c1-18-12-14-23(15-13-18)29(27)25-17-24(20-8-5-4-6-9-20)26-19(2)21-10-7-11-22(16-21)28-3/h4-16,19,24-26H,17H2,1-3H3/t19-,24?,29?/m1/s1. The molecule has 3 aromatic carbocycles. The fourth-order valence-corrected chi connectivity index (χ4v) is 4.04. The molecule has 0 saturated heterocycles. The normalized spacial score (nSPS) is 14.2. The van der Waals surface area contributed by atoms with Gasteiger partial charge < -0.3 is 10.1 Å². The number of benzene rings is 3. The van der Waals surface area contributed by atoms with Crippen LogP contribution in [0.25, 0.3) is 0 Å². The highest BCUT2D eigenvalue weighted by Crippen LogP contribution is 2.23.